The molecule has 0 atom stereocenters. The van der Waals surface area contributed by atoms with E-state index in [-0.39, 0.29) is 12.3 Å². The summed E-state index contributed by atoms with van der Waals surface area (Å²) in [5, 5.41) is 17.9. The van der Waals surface area contributed by atoms with Crippen molar-refractivity contribution in [2.45, 2.75) is 20.3 Å². The molecule has 4 nitrogen and oxygen atoms in total. The predicted octanol–water partition coefficient (Wildman–Crippen LogP) is 3.74. The molecule has 0 heterocycles. The number of carbonyl (C=O) groups excluding carboxylic acids is 1. The number of anilines is 1. The van der Waals surface area contributed by atoms with Crippen molar-refractivity contribution in [3.8, 4) is 12.1 Å². The van der Waals surface area contributed by atoms with E-state index in [0.29, 0.717) is 17.7 Å². The average Bonchev–Trinajstić information content (AvgIpc) is 2.58. The molecule has 0 fully saturated rings. The summed E-state index contributed by atoms with van der Waals surface area (Å²) in [5.41, 5.74) is 3.88. The second-order valence-corrected chi connectivity index (χ2v) is 5.33. The number of hydrogen-bond acceptors (Lipinski definition) is 3. The molecule has 2 aromatic rings. The van der Waals surface area contributed by atoms with Crippen molar-refractivity contribution in [1.82, 2.24) is 0 Å². The molecule has 0 saturated carbocycles. The van der Waals surface area contributed by atoms with Crippen molar-refractivity contribution in [1.29, 1.82) is 10.5 Å². The van der Waals surface area contributed by atoms with Crippen molar-refractivity contribution in [2.75, 3.05) is 11.4 Å². The molecule has 0 spiro atoms. The molecule has 0 aliphatic carbocycles. The summed E-state index contributed by atoms with van der Waals surface area (Å²) in [6, 6.07) is 16.5. The SMILES string of the molecule is Cc1ccc(N(CCC#N)C(=O)c2cccc(C#N)c2)cc1C. The zero-order valence-electron chi connectivity index (χ0n) is 13.2. The number of hydrogen-bond donors (Lipinski definition) is 0. The highest BCUT2D eigenvalue weighted by Gasteiger charge is 2.18. The van der Waals surface area contributed by atoms with Crippen molar-refractivity contribution in [2.24, 2.45) is 0 Å². The quantitative estimate of drug-likeness (QED) is 0.864. The molecule has 0 radical (unpaired) electrons. The first-order valence-corrected chi connectivity index (χ1v) is 7.33. The van der Waals surface area contributed by atoms with Gasteiger partial charge in [0.05, 0.1) is 24.1 Å². The van der Waals surface area contributed by atoms with Crippen LogP contribution in [-0.4, -0.2) is 12.5 Å². The molecule has 0 bridgehead atoms. The van der Waals surface area contributed by atoms with Crippen LogP contribution in [-0.2, 0) is 0 Å². The summed E-state index contributed by atoms with van der Waals surface area (Å²) in [5.74, 6) is -0.208. The summed E-state index contributed by atoms with van der Waals surface area (Å²) < 4.78 is 0. The van der Waals surface area contributed by atoms with Crippen molar-refractivity contribution >= 4 is 11.6 Å². The molecule has 1 amide bonds. The van der Waals surface area contributed by atoms with Gasteiger partial charge in [-0.1, -0.05) is 12.1 Å². The van der Waals surface area contributed by atoms with E-state index in [0.717, 1.165) is 16.8 Å². The number of rotatable bonds is 4. The molecule has 2 rings (SSSR count). The number of aryl methyl sites for hydroxylation is 2. The van der Waals surface area contributed by atoms with Crippen LogP contribution in [0.4, 0.5) is 5.69 Å². The van der Waals surface area contributed by atoms with Gasteiger partial charge >= 0.3 is 0 Å². The number of amides is 1. The Morgan fingerprint density at radius 3 is 2.52 bits per heavy atom. The van der Waals surface area contributed by atoms with Gasteiger partial charge in [0, 0.05) is 17.8 Å². The van der Waals surface area contributed by atoms with Crippen LogP contribution in [0, 0.1) is 36.5 Å². The summed E-state index contributed by atoms with van der Waals surface area (Å²) in [7, 11) is 0. The van der Waals surface area contributed by atoms with Crippen LogP contribution in [0.5, 0.6) is 0 Å². The maximum Gasteiger partial charge on any atom is 0.258 e. The zero-order valence-corrected chi connectivity index (χ0v) is 13.2. The first-order chi connectivity index (χ1) is 11.1. The summed E-state index contributed by atoms with van der Waals surface area (Å²) in [4.78, 5) is 14.4. The fraction of sp³-hybridized carbons (Fsp3) is 0.211. The van der Waals surface area contributed by atoms with Gasteiger partial charge < -0.3 is 4.90 Å². The minimum atomic E-state index is -0.208. The van der Waals surface area contributed by atoms with E-state index < -0.39 is 0 Å². The Bertz CT molecular complexity index is 812. The third-order valence-corrected chi connectivity index (χ3v) is 3.73. The minimum absolute atomic E-state index is 0.208. The Kier molecular flexibility index (Phi) is 5.12. The third kappa shape index (κ3) is 3.75. The van der Waals surface area contributed by atoms with Gasteiger partial charge in [-0.15, -0.1) is 0 Å². The Morgan fingerprint density at radius 2 is 1.87 bits per heavy atom. The first-order valence-electron chi connectivity index (χ1n) is 7.33. The molecule has 0 N–H and O–H groups in total. The van der Waals surface area contributed by atoms with Crippen molar-refractivity contribution in [3.05, 3.63) is 64.7 Å². The maximum absolute atomic E-state index is 12.8. The lowest BCUT2D eigenvalue weighted by Gasteiger charge is -2.23. The predicted molar refractivity (Wildman–Crippen MR) is 89.0 cm³/mol. The van der Waals surface area contributed by atoms with Gasteiger partial charge in [-0.25, -0.2) is 0 Å². The largest absolute Gasteiger partial charge is 0.307 e. The summed E-state index contributed by atoms with van der Waals surface area (Å²) in [6.07, 6.45) is 0.247. The molecule has 0 aromatic heterocycles. The van der Waals surface area contributed by atoms with E-state index in [9.17, 15) is 4.79 Å². The molecule has 0 saturated heterocycles. The van der Waals surface area contributed by atoms with Crippen LogP contribution in [0.3, 0.4) is 0 Å². The van der Waals surface area contributed by atoms with Gasteiger partial charge in [-0.3, -0.25) is 4.79 Å². The molecule has 0 unspecified atom stereocenters. The smallest absolute Gasteiger partial charge is 0.258 e. The fourth-order valence-corrected chi connectivity index (χ4v) is 2.28. The zero-order chi connectivity index (χ0) is 16.8. The highest BCUT2D eigenvalue weighted by molar-refractivity contribution is 6.06. The summed E-state index contributed by atoms with van der Waals surface area (Å²) in [6.45, 7) is 4.31. The van der Waals surface area contributed by atoms with Crippen LogP contribution in [0.25, 0.3) is 0 Å². The standard InChI is InChI=1S/C19H17N3O/c1-14-7-8-18(11-15(14)2)22(10-4-9-20)19(23)17-6-3-5-16(12-17)13-21/h3,5-8,11-12H,4,10H2,1-2H3. The van der Waals surface area contributed by atoms with Gasteiger partial charge in [0.25, 0.3) is 5.91 Å². The topological polar surface area (TPSA) is 67.9 Å². The second-order valence-electron chi connectivity index (χ2n) is 5.33. The Hall–Kier alpha value is -3.11. The fourth-order valence-electron chi connectivity index (χ4n) is 2.28. The third-order valence-electron chi connectivity index (χ3n) is 3.73. The van der Waals surface area contributed by atoms with Crippen LogP contribution >= 0.6 is 0 Å². The highest BCUT2D eigenvalue weighted by Crippen LogP contribution is 2.21. The molecule has 2 aromatic carbocycles. The lowest BCUT2D eigenvalue weighted by Crippen LogP contribution is -2.32. The first kappa shape index (κ1) is 16.3. The van der Waals surface area contributed by atoms with E-state index in [2.05, 4.69) is 6.07 Å². The van der Waals surface area contributed by atoms with Crippen LogP contribution in [0.15, 0.2) is 42.5 Å². The van der Waals surface area contributed by atoms with Gasteiger partial charge in [-0.2, -0.15) is 10.5 Å². The van der Waals surface area contributed by atoms with Crippen molar-refractivity contribution in [3.63, 3.8) is 0 Å². The molecule has 114 valence electrons. The number of nitriles is 2. The minimum Gasteiger partial charge on any atom is -0.307 e. The Morgan fingerprint density at radius 1 is 1.09 bits per heavy atom. The average molecular weight is 303 g/mol. The van der Waals surface area contributed by atoms with E-state index in [1.165, 1.54) is 0 Å². The van der Waals surface area contributed by atoms with E-state index >= 15 is 0 Å². The molecular formula is C19H17N3O. The van der Waals surface area contributed by atoms with Crippen LogP contribution in [0.1, 0.15) is 33.5 Å². The van der Waals surface area contributed by atoms with Gasteiger partial charge in [-0.05, 0) is 55.3 Å². The van der Waals surface area contributed by atoms with Gasteiger partial charge in [0.15, 0.2) is 0 Å². The number of benzene rings is 2. The van der Waals surface area contributed by atoms with Gasteiger partial charge in [0.2, 0.25) is 0 Å². The van der Waals surface area contributed by atoms with Gasteiger partial charge in [0.1, 0.15) is 0 Å². The van der Waals surface area contributed by atoms with Crippen molar-refractivity contribution < 1.29 is 4.79 Å². The van der Waals surface area contributed by atoms with E-state index in [4.69, 9.17) is 10.5 Å². The molecular weight excluding hydrogens is 286 g/mol. The maximum atomic E-state index is 12.8. The molecule has 23 heavy (non-hydrogen) atoms. The Labute approximate surface area is 136 Å². The second kappa shape index (κ2) is 7.24. The number of carbonyl (C=O) groups is 1. The summed E-state index contributed by atoms with van der Waals surface area (Å²) >= 11 is 0. The monoisotopic (exact) mass is 303 g/mol. The normalized spacial score (nSPS) is 9.74. The number of nitrogens with zero attached hydrogens (tertiary/aromatic N) is 3. The van der Waals surface area contributed by atoms with Crippen LogP contribution in [0.2, 0.25) is 0 Å². The lowest BCUT2D eigenvalue weighted by atomic mass is 10.1. The Balaban J connectivity index is 2.41. The lowest BCUT2D eigenvalue weighted by molar-refractivity contribution is 0.0987. The molecule has 0 aliphatic heterocycles. The molecule has 0 aliphatic rings. The van der Waals surface area contributed by atoms with E-state index in [1.807, 2.05) is 38.1 Å². The van der Waals surface area contributed by atoms with Crippen LogP contribution < -0.4 is 4.90 Å². The molecule has 4 heteroatoms. The highest BCUT2D eigenvalue weighted by atomic mass is 16.2. The van der Waals surface area contributed by atoms with E-state index in [1.54, 1.807) is 29.2 Å².